The third kappa shape index (κ3) is 3.51. The summed E-state index contributed by atoms with van der Waals surface area (Å²) in [5, 5.41) is 0. The van der Waals surface area contributed by atoms with Crippen LogP contribution in [0.4, 0.5) is 0 Å². The van der Waals surface area contributed by atoms with E-state index in [4.69, 9.17) is 4.74 Å². The van der Waals surface area contributed by atoms with Crippen molar-refractivity contribution in [3.05, 3.63) is 84.4 Å². The molecule has 0 bridgehead atoms. The van der Waals surface area contributed by atoms with Crippen LogP contribution in [0.3, 0.4) is 0 Å². The monoisotopic (exact) mass is 278 g/mol. The van der Waals surface area contributed by atoms with Crippen molar-refractivity contribution in [3.8, 4) is 5.75 Å². The summed E-state index contributed by atoms with van der Waals surface area (Å²) in [5.41, 5.74) is 2.60. The van der Waals surface area contributed by atoms with E-state index in [0.717, 1.165) is 18.6 Å². The van der Waals surface area contributed by atoms with E-state index in [9.17, 15) is 0 Å². The molecule has 1 aromatic heterocycles. The molecule has 2 aromatic carbocycles. The van der Waals surface area contributed by atoms with Crippen LogP contribution in [0.5, 0.6) is 5.75 Å². The van der Waals surface area contributed by atoms with E-state index < -0.39 is 0 Å². The number of hydrogen-bond acceptors (Lipinski definition) is 2. The van der Waals surface area contributed by atoms with Gasteiger partial charge in [-0.15, -0.1) is 0 Å². The fourth-order valence-corrected chi connectivity index (χ4v) is 2.44. The molecule has 1 aliphatic heterocycles. The zero-order chi connectivity index (χ0) is 14.3. The van der Waals surface area contributed by atoms with Crippen molar-refractivity contribution >= 4 is 0 Å². The van der Waals surface area contributed by atoms with E-state index >= 15 is 0 Å². The van der Waals surface area contributed by atoms with Crippen LogP contribution in [0, 0.1) is 0 Å². The summed E-state index contributed by atoms with van der Waals surface area (Å²) in [4.78, 5) is 6.42. The van der Waals surface area contributed by atoms with E-state index in [2.05, 4.69) is 52.4 Å². The lowest BCUT2D eigenvalue weighted by Crippen LogP contribution is -2.14. The third-order valence-corrected chi connectivity index (χ3v) is 3.49. The lowest BCUT2D eigenvalue weighted by atomic mass is 9.98. The molecular formula is C18H18N2O. The Labute approximate surface area is 124 Å². The third-order valence-electron chi connectivity index (χ3n) is 3.49. The lowest BCUT2D eigenvalue weighted by Gasteiger charge is -2.26. The molecule has 0 spiro atoms. The first-order valence-electron chi connectivity index (χ1n) is 7.16. The molecule has 1 unspecified atom stereocenters. The van der Waals surface area contributed by atoms with Crippen LogP contribution < -0.4 is 4.74 Å². The molecule has 0 amide bonds. The van der Waals surface area contributed by atoms with Gasteiger partial charge in [0, 0.05) is 12.4 Å². The summed E-state index contributed by atoms with van der Waals surface area (Å²) < 4.78 is 6.02. The Kier molecular flexibility index (Phi) is 4.32. The number of aromatic amines is 1. The normalized spacial score (nSPS) is 16.1. The first kappa shape index (κ1) is 13.4. The molecule has 3 heteroatoms. The second-order valence-corrected chi connectivity index (χ2v) is 4.92. The minimum atomic E-state index is 0.219. The second-order valence-electron chi connectivity index (χ2n) is 4.92. The highest BCUT2D eigenvalue weighted by Crippen LogP contribution is 2.34. The average Bonchev–Trinajstić information content (AvgIpc) is 3.15. The van der Waals surface area contributed by atoms with E-state index in [0.29, 0.717) is 0 Å². The van der Waals surface area contributed by atoms with Gasteiger partial charge in [-0.3, -0.25) is 0 Å². The van der Waals surface area contributed by atoms with E-state index in [1.54, 1.807) is 18.7 Å². The zero-order valence-electron chi connectivity index (χ0n) is 11.8. The number of rotatable bonds is 1. The quantitative estimate of drug-likeness (QED) is 0.725. The Morgan fingerprint density at radius 3 is 2.52 bits per heavy atom. The lowest BCUT2D eigenvalue weighted by molar-refractivity contribution is 0.176. The number of ether oxygens (including phenoxy) is 1. The number of aromatic nitrogens is 2. The van der Waals surface area contributed by atoms with Crippen LogP contribution >= 0.6 is 0 Å². The number of imidazole rings is 1. The summed E-state index contributed by atoms with van der Waals surface area (Å²) in [7, 11) is 0. The number of aryl methyl sites for hydroxylation is 1. The molecule has 0 radical (unpaired) electrons. The Hall–Kier alpha value is -2.55. The fourth-order valence-electron chi connectivity index (χ4n) is 2.44. The standard InChI is InChI=1S/C15H14O.C3H4N2/c1-2-6-12(7-3-1)15-11-10-13-8-4-5-9-14(13)16-15;1-2-5-3-4-1/h1-9,15H,10-11H2;1-3H,(H,4,5). The van der Waals surface area contributed by atoms with Gasteiger partial charge in [0.2, 0.25) is 0 Å². The highest BCUT2D eigenvalue weighted by atomic mass is 16.5. The Morgan fingerprint density at radius 2 is 1.81 bits per heavy atom. The number of nitrogens with one attached hydrogen (secondary N) is 1. The van der Waals surface area contributed by atoms with Crippen LogP contribution in [0.15, 0.2) is 73.3 Å². The predicted octanol–water partition coefficient (Wildman–Crippen LogP) is 4.16. The molecule has 0 saturated heterocycles. The van der Waals surface area contributed by atoms with Crippen LogP contribution in [0.1, 0.15) is 23.7 Å². The van der Waals surface area contributed by atoms with Crippen LogP contribution in [-0.4, -0.2) is 9.97 Å². The molecule has 1 N–H and O–H groups in total. The van der Waals surface area contributed by atoms with E-state index in [1.807, 2.05) is 12.1 Å². The summed E-state index contributed by atoms with van der Waals surface area (Å²) in [6, 6.07) is 18.8. The maximum Gasteiger partial charge on any atom is 0.124 e. The first-order valence-corrected chi connectivity index (χ1v) is 7.16. The topological polar surface area (TPSA) is 37.9 Å². The maximum atomic E-state index is 6.02. The van der Waals surface area contributed by atoms with E-state index in [1.165, 1.54) is 11.1 Å². The SMILES string of the molecule is c1c[nH]cn1.c1ccc(C2CCc3ccccc3O2)cc1. The van der Waals surface area contributed by atoms with Crippen LogP contribution in [0.25, 0.3) is 0 Å². The number of para-hydroxylation sites is 1. The summed E-state index contributed by atoms with van der Waals surface area (Å²) in [5.74, 6) is 1.04. The van der Waals surface area contributed by atoms with Gasteiger partial charge in [-0.05, 0) is 30.0 Å². The van der Waals surface area contributed by atoms with Gasteiger partial charge in [0.1, 0.15) is 11.9 Å². The van der Waals surface area contributed by atoms with Gasteiger partial charge in [-0.2, -0.15) is 0 Å². The van der Waals surface area contributed by atoms with Crippen LogP contribution in [-0.2, 0) is 6.42 Å². The molecule has 4 rings (SSSR count). The summed E-state index contributed by atoms with van der Waals surface area (Å²) >= 11 is 0. The molecule has 21 heavy (non-hydrogen) atoms. The smallest absolute Gasteiger partial charge is 0.124 e. The minimum Gasteiger partial charge on any atom is -0.485 e. The van der Waals surface area contributed by atoms with Gasteiger partial charge in [0.15, 0.2) is 0 Å². The van der Waals surface area contributed by atoms with Crippen molar-refractivity contribution in [1.29, 1.82) is 0 Å². The molecule has 106 valence electrons. The molecule has 3 nitrogen and oxygen atoms in total. The number of H-pyrrole nitrogens is 1. The largest absolute Gasteiger partial charge is 0.485 e. The highest BCUT2D eigenvalue weighted by molar-refractivity contribution is 5.36. The van der Waals surface area contributed by atoms with Crippen molar-refractivity contribution < 1.29 is 4.74 Å². The second kappa shape index (κ2) is 6.75. The van der Waals surface area contributed by atoms with Crippen molar-refractivity contribution in [2.24, 2.45) is 0 Å². The van der Waals surface area contributed by atoms with Gasteiger partial charge >= 0.3 is 0 Å². The number of fused-ring (bicyclic) bond motifs is 1. The van der Waals surface area contributed by atoms with Gasteiger partial charge in [-0.1, -0.05) is 48.5 Å². The van der Waals surface area contributed by atoms with Gasteiger partial charge in [0.25, 0.3) is 0 Å². The van der Waals surface area contributed by atoms with Gasteiger partial charge in [-0.25, -0.2) is 4.98 Å². The zero-order valence-corrected chi connectivity index (χ0v) is 11.8. The average molecular weight is 278 g/mol. The summed E-state index contributed by atoms with van der Waals surface area (Å²) in [6.07, 6.45) is 7.48. The number of hydrogen-bond donors (Lipinski definition) is 1. The fraction of sp³-hybridized carbons (Fsp3) is 0.167. The Balaban J connectivity index is 0.000000225. The predicted molar refractivity (Wildman–Crippen MR) is 83.2 cm³/mol. The van der Waals surface area contributed by atoms with Crippen molar-refractivity contribution in [3.63, 3.8) is 0 Å². The molecule has 3 aromatic rings. The summed E-state index contributed by atoms with van der Waals surface area (Å²) in [6.45, 7) is 0. The maximum absolute atomic E-state index is 6.02. The Bertz CT molecular complexity index is 633. The molecular weight excluding hydrogens is 260 g/mol. The molecule has 1 atom stereocenters. The molecule has 0 saturated carbocycles. The number of benzene rings is 2. The first-order chi connectivity index (χ1) is 10.4. The van der Waals surface area contributed by atoms with Crippen molar-refractivity contribution in [2.75, 3.05) is 0 Å². The Morgan fingerprint density at radius 1 is 1.00 bits per heavy atom. The minimum absolute atomic E-state index is 0.219. The molecule has 1 aliphatic rings. The molecule has 0 aliphatic carbocycles. The van der Waals surface area contributed by atoms with Crippen LogP contribution in [0.2, 0.25) is 0 Å². The van der Waals surface area contributed by atoms with Gasteiger partial charge in [0.05, 0.1) is 6.33 Å². The van der Waals surface area contributed by atoms with E-state index in [-0.39, 0.29) is 6.10 Å². The molecule has 2 heterocycles. The molecule has 0 fully saturated rings. The number of nitrogens with zero attached hydrogens (tertiary/aromatic N) is 1. The van der Waals surface area contributed by atoms with Crippen molar-refractivity contribution in [1.82, 2.24) is 9.97 Å². The highest BCUT2D eigenvalue weighted by Gasteiger charge is 2.20. The van der Waals surface area contributed by atoms with Crippen molar-refractivity contribution in [2.45, 2.75) is 18.9 Å². The van der Waals surface area contributed by atoms with Gasteiger partial charge < -0.3 is 9.72 Å².